The number of aromatic hydroxyl groups is 1. The topological polar surface area (TPSA) is 230 Å². The van der Waals surface area contributed by atoms with Crippen molar-refractivity contribution in [2.24, 2.45) is 0 Å². The minimum absolute atomic E-state index is 0.0888. The van der Waals surface area contributed by atoms with E-state index in [-0.39, 0.29) is 16.5 Å². The fourth-order valence-electron chi connectivity index (χ4n) is 5.01. The van der Waals surface area contributed by atoms with Gasteiger partial charge in [0, 0.05) is 31.2 Å². The number of phenolic OH excluding ortho intramolecular Hbond substituents is 1. The SMILES string of the molecule is CCN(CC)CCN(CCNCCc1ccc(O)c2[nH]c(=O)sc12)C(=O)CCOCCc1cccc(Cl)c1.O=C(O)CC(O)(CC(=O)O)C(=O)O. The first-order valence-corrected chi connectivity index (χ1v) is 17.6. The number of ether oxygens (including phenoxy) is 1. The number of rotatable bonds is 22. The number of aromatic nitrogens is 1. The standard InChI is InChI=1S/C28H39ClN4O4S.C6H8O7/c1-3-32(4-2)16-17-33(25(35)12-19-37-18-11-21-6-5-7-23(29)20-21)15-14-30-13-10-22-8-9-24(34)26-27(22)38-28(36)31-26;7-3(8)1-6(13,5(11)12)2-4(9)10/h5-9,20,30,34H,3-4,10-19H2,1-2H3,(H,31,36);13H,1-2H2,(H,7,8)(H,9,10)(H,11,12). The molecule has 1 heterocycles. The van der Waals surface area contributed by atoms with Gasteiger partial charge in [0.1, 0.15) is 11.3 Å². The van der Waals surface area contributed by atoms with Gasteiger partial charge in [0.2, 0.25) is 5.91 Å². The Balaban J connectivity index is 0.000000588. The molecule has 3 aromatic rings. The number of hydrogen-bond donors (Lipinski definition) is 7. The third kappa shape index (κ3) is 15.4. The van der Waals surface area contributed by atoms with Crippen LogP contribution in [-0.4, -0.2) is 129 Å². The molecule has 1 amide bonds. The van der Waals surface area contributed by atoms with Crippen molar-refractivity contribution in [1.82, 2.24) is 20.1 Å². The first-order valence-electron chi connectivity index (χ1n) is 16.4. The normalized spacial score (nSPS) is 11.3. The Morgan fingerprint density at radius 1 is 0.941 bits per heavy atom. The highest BCUT2D eigenvalue weighted by Crippen LogP contribution is 2.27. The van der Waals surface area contributed by atoms with Crippen molar-refractivity contribution in [3.05, 3.63) is 62.2 Å². The van der Waals surface area contributed by atoms with Crippen LogP contribution < -0.4 is 10.2 Å². The van der Waals surface area contributed by atoms with Crippen molar-refractivity contribution in [3.8, 4) is 5.75 Å². The number of carbonyl (C=O) groups excluding carboxylic acids is 1. The number of nitrogens with zero attached hydrogens (tertiary/aromatic N) is 2. The van der Waals surface area contributed by atoms with Crippen LogP contribution in [0.5, 0.6) is 5.75 Å². The predicted molar refractivity (Wildman–Crippen MR) is 193 cm³/mol. The summed E-state index contributed by atoms with van der Waals surface area (Å²) in [7, 11) is 0. The van der Waals surface area contributed by atoms with E-state index in [2.05, 4.69) is 29.0 Å². The molecular formula is C34H47ClN4O11S. The van der Waals surface area contributed by atoms with Crippen LogP contribution in [0.2, 0.25) is 5.02 Å². The second-order valence-electron chi connectivity index (χ2n) is 11.6. The lowest BCUT2D eigenvalue weighted by atomic mass is 9.96. The number of H-pyrrole nitrogens is 1. The van der Waals surface area contributed by atoms with Gasteiger partial charge in [-0.25, -0.2) is 4.79 Å². The van der Waals surface area contributed by atoms with Crippen LogP contribution in [0.3, 0.4) is 0 Å². The Kier molecular flexibility index (Phi) is 18.6. The summed E-state index contributed by atoms with van der Waals surface area (Å²) in [6.45, 7) is 10.6. The van der Waals surface area contributed by atoms with Crippen LogP contribution in [0.15, 0.2) is 41.2 Å². The van der Waals surface area contributed by atoms with Gasteiger partial charge in [-0.3, -0.25) is 19.2 Å². The lowest BCUT2D eigenvalue weighted by Crippen LogP contribution is -2.42. The molecule has 0 aliphatic heterocycles. The molecule has 0 spiro atoms. The van der Waals surface area contributed by atoms with Crippen molar-refractivity contribution in [1.29, 1.82) is 0 Å². The minimum atomic E-state index is -2.74. The van der Waals surface area contributed by atoms with Crippen molar-refractivity contribution in [2.75, 3.05) is 59.0 Å². The molecule has 7 N–H and O–H groups in total. The number of carboxylic acids is 3. The molecule has 0 saturated heterocycles. The number of carbonyl (C=O) groups is 4. The molecule has 0 radical (unpaired) electrons. The molecule has 0 aliphatic carbocycles. The van der Waals surface area contributed by atoms with Gasteiger partial charge in [0.05, 0.1) is 37.2 Å². The first-order chi connectivity index (χ1) is 24.2. The maximum Gasteiger partial charge on any atom is 0.336 e. The summed E-state index contributed by atoms with van der Waals surface area (Å²) >= 11 is 7.15. The molecule has 17 heteroatoms. The smallest absolute Gasteiger partial charge is 0.336 e. The fourth-order valence-corrected chi connectivity index (χ4v) is 6.12. The molecule has 15 nitrogen and oxygen atoms in total. The number of aromatic amines is 1. The Bertz CT molecular complexity index is 1630. The van der Waals surface area contributed by atoms with Gasteiger partial charge in [0.25, 0.3) is 0 Å². The molecule has 0 atom stereocenters. The van der Waals surface area contributed by atoms with Gasteiger partial charge in [-0.2, -0.15) is 0 Å². The number of thiazole rings is 1. The van der Waals surface area contributed by atoms with Crippen molar-refractivity contribution >= 4 is 57.0 Å². The lowest BCUT2D eigenvalue weighted by molar-refractivity contribution is -0.170. The summed E-state index contributed by atoms with van der Waals surface area (Å²) in [4.78, 5) is 62.0. The van der Waals surface area contributed by atoms with Gasteiger partial charge >= 0.3 is 22.8 Å². The number of benzene rings is 2. The number of amides is 1. The van der Waals surface area contributed by atoms with Crippen LogP contribution in [0.25, 0.3) is 10.2 Å². The number of likely N-dealkylation sites (N-methyl/N-ethyl adjacent to an activating group) is 1. The number of fused-ring (bicyclic) bond motifs is 1. The molecule has 0 bridgehead atoms. The van der Waals surface area contributed by atoms with Crippen molar-refractivity contribution in [2.45, 2.75) is 51.6 Å². The van der Waals surface area contributed by atoms with E-state index in [0.29, 0.717) is 56.4 Å². The Labute approximate surface area is 304 Å². The van der Waals surface area contributed by atoms with Crippen LogP contribution in [-0.2, 0) is 36.8 Å². The Morgan fingerprint density at radius 2 is 1.63 bits per heavy atom. The summed E-state index contributed by atoms with van der Waals surface area (Å²) in [5.74, 6) is -4.83. The predicted octanol–water partition coefficient (Wildman–Crippen LogP) is 2.65. The maximum atomic E-state index is 13.0. The van der Waals surface area contributed by atoms with Gasteiger partial charge in [-0.15, -0.1) is 0 Å². The van der Waals surface area contributed by atoms with E-state index in [4.69, 9.17) is 36.8 Å². The first kappa shape index (κ1) is 43.1. The van der Waals surface area contributed by atoms with Crippen molar-refractivity contribution in [3.63, 3.8) is 0 Å². The number of aliphatic hydroxyl groups is 1. The van der Waals surface area contributed by atoms with Gasteiger partial charge in [-0.05, 0) is 61.8 Å². The molecule has 0 unspecified atom stereocenters. The molecule has 2 aromatic carbocycles. The monoisotopic (exact) mass is 754 g/mol. The zero-order chi connectivity index (χ0) is 38.0. The van der Waals surface area contributed by atoms with E-state index in [9.17, 15) is 29.1 Å². The van der Waals surface area contributed by atoms with Gasteiger partial charge < -0.3 is 50.4 Å². The van der Waals surface area contributed by atoms with Crippen LogP contribution in [0.1, 0.15) is 44.2 Å². The molecule has 282 valence electrons. The third-order valence-corrected chi connectivity index (χ3v) is 9.06. The third-order valence-electron chi connectivity index (χ3n) is 7.87. The average molecular weight is 755 g/mol. The number of aliphatic carboxylic acids is 3. The highest BCUT2D eigenvalue weighted by molar-refractivity contribution is 7.16. The molecule has 0 fully saturated rings. The number of halogens is 1. The summed E-state index contributed by atoms with van der Waals surface area (Å²) in [6, 6.07) is 11.2. The molecule has 0 saturated carbocycles. The average Bonchev–Trinajstić information content (AvgIpc) is 3.46. The van der Waals surface area contributed by atoms with Crippen LogP contribution in [0, 0.1) is 0 Å². The zero-order valence-electron chi connectivity index (χ0n) is 28.7. The van der Waals surface area contributed by atoms with Crippen LogP contribution >= 0.6 is 22.9 Å². The largest absolute Gasteiger partial charge is 0.506 e. The molecular weight excluding hydrogens is 708 g/mol. The number of hydrogen-bond acceptors (Lipinski definition) is 11. The van der Waals surface area contributed by atoms with Crippen molar-refractivity contribution < 1.29 is 49.4 Å². The molecule has 1 aromatic heterocycles. The quantitative estimate of drug-likeness (QED) is 0.0733. The number of phenols is 1. The molecule has 0 aliphatic rings. The van der Waals surface area contributed by atoms with Crippen LogP contribution in [0.4, 0.5) is 0 Å². The van der Waals surface area contributed by atoms with E-state index in [0.717, 1.165) is 59.6 Å². The second-order valence-corrected chi connectivity index (χ2v) is 13.0. The second kappa shape index (κ2) is 22.0. The summed E-state index contributed by atoms with van der Waals surface area (Å²) in [5.41, 5.74) is -0.106. The number of nitrogens with one attached hydrogen (secondary N) is 2. The summed E-state index contributed by atoms with van der Waals surface area (Å²) in [5, 5.41) is 47.9. The summed E-state index contributed by atoms with van der Waals surface area (Å²) in [6.07, 6.45) is -0.454. The highest BCUT2D eigenvalue weighted by Gasteiger charge is 2.40. The van der Waals surface area contributed by atoms with E-state index < -0.39 is 36.4 Å². The fraction of sp³-hybridized carbons (Fsp3) is 0.500. The lowest BCUT2D eigenvalue weighted by Gasteiger charge is -2.27. The zero-order valence-corrected chi connectivity index (χ0v) is 30.3. The van der Waals surface area contributed by atoms with Gasteiger partial charge in [-0.1, -0.05) is 55.0 Å². The van der Waals surface area contributed by atoms with E-state index >= 15 is 0 Å². The van der Waals surface area contributed by atoms with E-state index in [1.807, 2.05) is 35.2 Å². The summed E-state index contributed by atoms with van der Waals surface area (Å²) < 4.78 is 6.54. The minimum Gasteiger partial charge on any atom is -0.506 e. The Morgan fingerprint density at radius 3 is 2.24 bits per heavy atom. The molecule has 51 heavy (non-hydrogen) atoms. The van der Waals surface area contributed by atoms with E-state index in [1.165, 1.54) is 0 Å². The molecule has 3 rings (SSSR count). The Hall–Kier alpha value is -4.06. The highest BCUT2D eigenvalue weighted by atomic mass is 35.5. The maximum absolute atomic E-state index is 13.0. The van der Waals surface area contributed by atoms with E-state index in [1.54, 1.807) is 6.07 Å². The number of carboxylic acid groups (broad SMARTS) is 3. The van der Waals surface area contributed by atoms with Gasteiger partial charge in [0.15, 0.2) is 5.60 Å².